The third-order valence-corrected chi connectivity index (χ3v) is 5.60. The second-order valence-electron chi connectivity index (χ2n) is 7.91. The number of nitrogens with one attached hydrogen (secondary N) is 1. The normalized spacial score (nSPS) is 16.1. The third kappa shape index (κ3) is 4.27. The van der Waals surface area contributed by atoms with Crippen LogP contribution in [0.2, 0.25) is 0 Å². The summed E-state index contributed by atoms with van der Waals surface area (Å²) >= 11 is 0. The molecule has 33 heavy (non-hydrogen) atoms. The molecular weight excluding hydrogens is 421 g/mol. The Balaban J connectivity index is 1.45. The van der Waals surface area contributed by atoms with Gasteiger partial charge in [0.2, 0.25) is 0 Å². The van der Waals surface area contributed by atoms with E-state index in [2.05, 4.69) is 32.2 Å². The number of rotatable bonds is 5. The van der Waals surface area contributed by atoms with E-state index < -0.39 is 5.82 Å². The standard InChI is InChI=1S/C24H24FN7O/c1-16-14-31(12-11-26-16)21-7-4-8-22(30-21)32-15-17(13-28-32)19-9-10-27-24(29-19)23-18(25)5-3-6-20(23)33-2/h3-10,13,15-16,26H,11-12,14H2,1-2H3/t16-/m0/s1. The molecule has 0 bridgehead atoms. The lowest BCUT2D eigenvalue weighted by molar-refractivity contribution is 0.413. The Morgan fingerprint density at radius 2 is 1.94 bits per heavy atom. The Hall–Kier alpha value is -3.85. The van der Waals surface area contributed by atoms with Crippen molar-refractivity contribution in [2.24, 2.45) is 0 Å². The number of anilines is 1. The van der Waals surface area contributed by atoms with E-state index in [1.54, 1.807) is 35.3 Å². The molecule has 0 unspecified atom stereocenters. The molecule has 1 N–H and O–H groups in total. The Bertz CT molecular complexity index is 1280. The third-order valence-electron chi connectivity index (χ3n) is 5.60. The van der Waals surface area contributed by atoms with Crippen LogP contribution < -0.4 is 15.0 Å². The van der Waals surface area contributed by atoms with E-state index >= 15 is 0 Å². The fraction of sp³-hybridized carbons (Fsp3) is 0.250. The van der Waals surface area contributed by atoms with Gasteiger partial charge in [-0.25, -0.2) is 24.0 Å². The van der Waals surface area contributed by atoms with Crippen molar-refractivity contribution in [1.29, 1.82) is 0 Å². The molecular formula is C24H24FN7O. The van der Waals surface area contributed by atoms with Crippen molar-refractivity contribution < 1.29 is 9.13 Å². The van der Waals surface area contributed by atoms with Gasteiger partial charge >= 0.3 is 0 Å². The summed E-state index contributed by atoms with van der Waals surface area (Å²) in [6.45, 7) is 4.92. The Morgan fingerprint density at radius 1 is 1.09 bits per heavy atom. The summed E-state index contributed by atoms with van der Waals surface area (Å²) in [6.07, 6.45) is 5.18. The molecule has 168 valence electrons. The highest BCUT2D eigenvalue weighted by Gasteiger charge is 2.18. The number of aromatic nitrogens is 5. The summed E-state index contributed by atoms with van der Waals surface area (Å²) in [5.41, 5.74) is 1.63. The molecule has 1 fully saturated rings. The van der Waals surface area contributed by atoms with E-state index in [9.17, 15) is 4.39 Å². The molecule has 4 aromatic rings. The lowest BCUT2D eigenvalue weighted by Crippen LogP contribution is -2.49. The van der Waals surface area contributed by atoms with Crippen LogP contribution in [0.25, 0.3) is 28.5 Å². The lowest BCUT2D eigenvalue weighted by atomic mass is 10.1. The van der Waals surface area contributed by atoms with Crippen molar-refractivity contribution in [2.45, 2.75) is 13.0 Å². The zero-order chi connectivity index (χ0) is 22.8. The topological polar surface area (TPSA) is 81.0 Å². The molecule has 1 aromatic carbocycles. The molecule has 0 aliphatic carbocycles. The van der Waals surface area contributed by atoms with Gasteiger partial charge in [-0.2, -0.15) is 5.10 Å². The molecule has 1 saturated heterocycles. The average molecular weight is 446 g/mol. The maximum Gasteiger partial charge on any atom is 0.166 e. The molecule has 3 aromatic heterocycles. The van der Waals surface area contributed by atoms with Gasteiger partial charge < -0.3 is 15.0 Å². The number of halogens is 1. The number of hydrogen-bond donors (Lipinski definition) is 1. The van der Waals surface area contributed by atoms with Gasteiger partial charge in [0.15, 0.2) is 11.6 Å². The minimum Gasteiger partial charge on any atom is -0.496 e. The summed E-state index contributed by atoms with van der Waals surface area (Å²) in [4.78, 5) is 15.9. The molecule has 5 rings (SSSR count). The first kappa shape index (κ1) is 21.0. The number of piperazine rings is 1. The van der Waals surface area contributed by atoms with E-state index in [4.69, 9.17) is 9.72 Å². The summed E-state index contributed by atoms with van der Waals surface area (Å²) < 4.78 is 21.5. The number of hydrogen-bond acceptors (Lipinski definition) is 7. The molecule has 1 aliphatic rings. The summed E-state index contributed by atoms with van der Waals surface area (Å²) in [7, 11) is 1.49. The first-order chi connectivity index (χ1) is 16.1. The average Bonchev–Trinajstić information content (AvgIpc) is 3.34. The van der Waals surface area contributed by atoms with Crippen molar-refractivity contribution in [1.82, 2.24) is 30.0 Å². The fourth-order valence-electron chi connectivity index (χ4n) is 3.97. The number of methoxy groups -OCH3 is 1. The maximum absolute atomic E-state index is 14.5. The SMILES string of the molecule is COc1cccc(F)c1-c1nccc(-c2cnn(-c3cccc(N4CCN[C@@H](C)C4)n3)c2)n1. The van der Waals surface area contributed by atoms with Gasteiger partial charge in [-0.1, -0.05) is 12.1 Å². The van der Waals surface area contributed by atoms with E-state index in [1.807, 2.05) is 24.4 Å². The second kappa shape index (κ2) is 8.95. The van der Waals surface area contributed by atoms with E-state index in [1.165, 1.54) is 13.2 Å². The van der Waals surface area contributed by atoms with Crippen molar-refractivity contribution in [2.75, 3.05) is 31.6 Å². The summed E-state index contributed by atoms with van der Waals surface area (Å²) in [6, 6.07) is 12.7. The predicted octanol–water partition coefficient (Wildman–Crippen LogP) is 3.34. The minimum absolute atomic E-state index is 0.230. The van der Waals surface area contributed by atoms with Gasteiger partial charge in [-0.15, -0.1) is 0 Å². The second-order valence-corrected chi connectivity index (χ2v) is 7.91. The van der Waals surface area contributed by atoms with Crippen molar-refractivity contribution in [3.63, 3.8) is 0 Å². The lowest BCUT2D eigenvalue weighted by Gasteiger charge is -2.32. The van der Waals surface area contributed by atoms with Crippen LogP contribution in [0.4, 0.5) is 10.2 Å². The zero-order valence-corrected chi connectivity index (χ0v) is 18.4. The highest BCUT2D eigenvalue weighted by Crippen LogP contribution is 2.31. The predicted molar refractivity (Wildman–Crippen MR) is 124 cm³/mol. The molecule has 8 nitrogen and oxygen atoms in total. The largest absolute Gasteiger partial charge is 0.496 e. The quantitative estimate of drug-likeness (QED) is 0.505. The van der Waals surface area contributed by atoms with Gasteiger partial charge in [0.25, 0.3) is 0 Å². The van der Waals surface area contributed by atoms with Gasteiger partial charge in [0.05, 0.1) is 24.6 Å². The smallest absolute Gasteiger partial charge is 0.166 e. The number of nitrogens with zero attached hydrogens (tertiary/aromatic N) is 6. The van der Waals surface area contributed by atoms with Crippen LogP contribution in [0.15, 0.2) is 61.1 Å². The Kier molecular flexibility index (Phi) is 5.70. The zero-order valence-electron chi connectivity index (χ0n) is 18.4. The molecule has 4 heterocycles. The van der Waals surface area contributed by atoms with Gasteiger partial charge in [-0.05, 0) is 37.3 Å². The van der Waals surface area contributed by atoms with Crippen LogP contribution in [0, 0.1) is 5.82 Å². The highest BCUT2D eigenvalue weighted by atomic mass is 19.1. The van der Waals surface area contributed by atoms with Crippen molar-refractivity contribution in [3.05, 3.63) is 66.9 Å². The first-order valence-electron chi connectivity index (χ1n) is 10.8. The molecule has 0 amide bonds. The van der Waals surface area contributed by atoms with Crippen LogP contribution >= 0.6 is 0 Å². The molecule has 0 saturated carbocycles. The van der Waals surface area contributed by atoms with Crippen molar-refractivity contribution in [3.8, 4) is 34.2 Å². The number of pyridine rings is 1. The Labute approximate surface area is 191 Å². The van der Waals surface area contributed by atoms with Crippen LogP contribution in [0.3, 0.4) is 0 Å². The first-order valence-corrected chi connectivity index (χ1v) is 10.8. The Morgan fingerprint density at radius 3 is 2.79 bits per heavy atom. The van der Waals surface area contributed by atoms with Gasteiger partial charge in [-0.3, -0.25) is 0 Å². The van der Waals surface area contributed by atoms with Gasteiger partial charge in [0.1, 0.15) is 17.4 Å². The summed E-state index contributed by atoms with van der Waals surface area (Å²) in [5, 5.41) is 7.93. The van der Waals surface area contributed by atoms with Crippen LogP contribution in [-0.2, 0) is 0 Å². The fourth-order valence-corrected chi connectivity index (χ4v) is 3.97. The van der Waals surface area contributed by atoms with Crippen LogP contribution in [-0.4, -0.2) is 57.5 Å². The van der Waals surface area contributed by atoms with E-state index in [0.717, 1.165) is 36.8 Å². The summed E-state index contributed by atoms with van der Waals surface area (Å²) in [5.74, 6) is 1.84. The minimum atomic E-state index is -0.439. The van der Waals surface area contributed by atoms with Gasteiger partial charge in [0, 0.05) is 43.6 Å². The molecule has 0 spiro atoms. The monoisotopic (exact) mass is 445 g/mol. The maximum atomic E-state index is 14.5. The molecule has 0 radical (unpaired) electrons. The van der Waals surface area contributed by atoms with Crippen molar-refractivity contribution >= 4 is 5.82 Å². The van der Waals surface area contributed by atoms with E-state index in [-0.39, 0.29) is 11.4 Å². The molecule has 1 aliphatic heterocycles. The molecule has 9 heteroatoms. The van der Waals surface area contributed by atoms with Crippen LogP contribution in [0.1, 0.15) is 6.92 Å². The number of ether oxygens (including phenoxy) is 1. The van der Waals surface area contributed by atoms with E-state index in [0.29, 0.717) is 17.5 Å². The highest BCUT2D eigenvalue weighted by molar-refractivity contribution is 5.68. The molecule has 1 atom stereocenters. The van der Waals surface area contributed by atoms with Crippen LogP contribution in [0.5, 0.6) is 5.75 Å². The number of benzene rings is 1.